The molecule has 0 heterocycles. The largest absolute Gasteiger partial charge is 0.493 e. The van der Waals surface area contributed by atoms with Gasteiger partial charge in [-0.25, -0.2) is 0 Å². The first kappa shape index (κ1) is 16.0. The Bertz CT molecular complexity index is 705. The third-order valence-electron chi connectivity index (χ3n) is 3.64. The molecule has 0 atom stereocenters. The number of nitrogens with one attached hydrogen (secondary N) is 1. The van der Waals surface area contributed by atoms with Crippen LogP contribution in [0.5, 0.6) is 5.75 Å². The summed E-state index contributed by atoms with van der Waals surface area (Å²) >= 11 is 11.9. The topological polar surface area (TPSA) is 64.3 Å². The van der Waals surface area contributed by atoms with E-state index in [0.29, 0.717) is 32.9 Å². The van der Waals surface area contributed by atoms with Crippen molar-refractivity contribution in [2.75, 3.05) is 17.7 Å². The van der Waals surface area contributed by atoms with Gasteiger partial charge in [-0.05, 0) is 55.2 Å². The molecule has 0 radical (unpaired) electrons. The Morgan fingerprint density at radius 1 is 1.17 bits per heavy atom. The zero-order valence-electron chi connectivity index (χ0n) is 12.3. The normalized spacial score (nSPS) is 13.7. The van der Waals surface area contributed by atoms with E-state index in [2.05, 4.69) is 5.32 Å². The predicted molar refractivity (Wildman–Crippen MR) is 93.5 cm³/mol. The van der Waals surface area contributed by atoms with Crippen LogP contribution in [-0.4, -0.2) is 12.5 Å². The van der Waals surface area contributed by atoms with E-state index < -0.39 is 0 Å². The van der Waals surface area contributed by atoms with Crippen molar-refractivity contribution in [1.29, 1.82) is 0 Å². The fourth-order valence-electron chi connectivity index (χ4n) is 2.06. The van der Waals surface area contributed by atoms with Crippen molar-refractivity contribution in [3.8, 4) is 5.75 Å². The molecule has 23 heavy (non-hydrogen) atoms. The fourth-order valence-corrected chi connectivity index (χ4v) is 2.55. The lowest BCUT2D eigenvalue weighted by atomic mass is 10.2. The number of carbonyl (C=O) groups excluding carboxylic acids is 1. The van der Waals surface area contributed by atoms with E-state index in [1.165, 1.54) is 12.8 Å². The maximum Gasteiger partial charge on any atom is 0.255 e. The molecule has 0 bridgehead atoms. The van der Waals surface area contributed by atoms with Crippen LogP contribution in [-0.2, 0) is 0 Å². The first-order chi connectivity index (χ1) is 11.0. The van der Waals surface area contributed by atoms with Crippen LogP contribution in [0, 0.1) is 5.92 Å². The molecule has 0 spiro atoms. The van der Waals surface area contributed by atoms with Gasteiger partial charge in [-0.2, -0.15) is 0 Å². The number of nitrogen functional groups attached to an aromatic ring is 1. The van der Waals surface area contributed by atoms with Crippen LogP contribution in [0.2, 0.25) is 10.0 Å². The number of halogens is 2. The molecule has 3 rings (SSSR count). The summed E-state index contributed by atoms with van der Waals surface area (Å²) in [6.07, 6.45) is 2.49. The highest BCUT2D eigenvalue weighted by atomic mass is 35.5. The SMILES string of the molecule is Nc1c(Cl)cc(NC(=O)c2ccc(OCC3CC3)cc2)cc1Cl. The number of rotatable bonds is 5. The van der Waals surface area contributed by atoms with Crippen molar-refractivity contribution in [2.24, 2.45) is 5.92 Å². The van der Waals surface area contributed by atoms with Gasteiger partial charge in [0.05, 0.1) is 22.3 Å². The molecule has 0 aliphatic heterocycles. The lowest BCUT2D eigenvalue weighted by Gasteiger charge is -2.09. The third kappa shape index (κ3) is 4.09. The van der Waals surface area contributed by atoms with Crippen molar-refractivity contribution in [2.45, 2.75) is 12.8 Å². The van der Waals surface area contributed by atoms with Gasteiger partial charge in [0.1, 0.15) is 5.75 Å². The zero-order chi connectivity index (χ0) is 16.4. The lowest BCUT2D eigenvalue weighted by molar-refractivity contribution is 0.102. The quantitative estimate of drug-likeness (QED) is 0.773. The molecule has 3 N–H and O–H groups in total. The van der Waals surface area contributed by atoms with Crippen molar-refractivity contribution < 1.29 is 9.53 Å². The second-order valence-electron chi connectivity index (χ2n) is 5.59. The van der Waals surface area contributed by atoms with Crippen LogP contribution in [0.25, 0.3) is 0 Å². The molecule has 1 aliphatic rings. The van der Waals surface area contributed by atoms with Crippen LogP contribution >= 0.6 is 23.2 Å². The maximum absolute atomic E-state index is 12.2. The summed E-state index contributed by atoms with van der Waals surface area (Å²) in [6, 6.07) is 10.2. The number of hydrogen-bond donors (Lipinski definition) is 2. The van der Waals surface area contributed by atoms with Gasteiger partial charge in [0, 0.05) is 11.3 Å². The Balaban J connectivity index is 1.65. The minimum Gasteiger partial charge on any atom is -0.493 e. The summed E-state index contributed by atoms with van der Waals surface area (Å²) in [5.41, 5.74) is 6.98. The van der Waals surface area contributed by atoms with Gasteiger partial charge in [0.15, 0.2) is 0 Å². The number of benzene rings is 2. The van der Waals surface area contributed by atoms with Crippen molar-refractivity contribution in [1.82, 2.24) is 0 Å². The van der Waals surface area contributed by atoms with Crippen molar-refractivity contribution >= 4 is 40.5 Å². The van der Waals surface area contributed by atoms with E-state index in [1.54, 1.807) is 36.4 Å². The second-order valence-corrected chi connectivity index (χ2v) is 6.40. The van der Waals surface area contributed by atoms with Gasteiger partial charge in [-0.1, -0.05) is 23.2 Å². The van der Waals surface area contributed by atoms with Gasteiger partial charge in [0.2, 0.25) is 0 Å². The average molecular weight is 351 g/mol. The molecule has 2 aromatic rings. The Labute approximate surface area is 144 Å². The highest BCUT2D eigenvalue weighted by molar-refractivity contribution is 6.39. The molecule has 0 saturated heterocycles. The third-order valence-corrected chi connectivity index (χ3v) is 4.26. The Morgan fingerprint density at radius 3 is 2.35 bits per heavy atom. The van der Waals surface area contributed by atoms with E-state index in [9.17, 15) is 4.79 Å². The highest BCUT2D eigenvalue weighted by Gasteiger charge is 2.21. The first-order valence-corrected chi connectivity index (χ1v) is 8.07. The molecule has 4 nitrogen and oxygen atoms in total. The summed E-state index contributed by atoms with van der Waals surface area (Å²) in [7, 11) is 0. The maximum atomic E-state index is 12.2. The molecule has 0 aromatic heterocycles. The molecule has 1 saturated carbocycles. The van der Waals surface area contributed by atoms with E-state index in [0.717, 1.165) is 12.4 Å². The van der Waals surface area contributed by atoms with Crippen LogP contribution in [0.4, 0.5) is 11.4 Å². The van der Waals surface area contributed by atoms with E-state index in [1.807, 2.05) is 0 Å². The van der Waals surface area contributed by atoms with Crippen LogP contribution < -0.4 is 15.8 Å². The summed E-state index contributed by atoms with van der Waals surface area (Å²) in [5.74, 6) is 1.21. The van der Waals surface area contributed by atoms with Gasteiger partial charge in [0.25, 0.3) is 5.91 Å². The van der Waals surface area contributed by atoms with E-state index in [-0.39, 0.29) is 5.91 Å². The Morgan fingerprint density at radius 2 is 1.78 bits per heavy atom. The smallest absolute Gasteiger partial charge is 0.255 e. The molecule has 120 valence electrons. The van der Waals surface area contributed by atoms with E-state index in [4.69, 9.17) is 33.7 Å². The van der Waals surface area contributed by atoms with Gasteiger partial charge < -0.3 is 15.8 Å². The van der Waals surface area contributed by atoms with Crippen LogP contribution in [0.1, 0.15) is 23.2 Å². The molecular formula is C17H16Cl2N2O2. The Hall–Kier alpha value is -1.91. The standard InChI is InChI=1S/C17H16Cl2N2O2/c18-14-7-12(8-15(19)16(14)20)21-17(22)11-3-5-13(6-4-11)23-9-10-1-2-10/h3-8,10H,1-2,9,20H2,(H,21,22). The van der Waals surface area contributed by atoms with E-state index >= 15 is 0 Å². The average Bonchev–Trinajstić information content (AvgIpc) is 3.35. The number of carbonyl (C=O) groups is 1. The first-order valence-electron chi connectivity index (χ1n) is 7.31. The zero-order valence-corrected chi connectivity index (χ0v) is 13.8. The second kappa shape index (κ2) is 6.69. The number of anilines is 2. The minimum atomic E-state index is -0.254. The van der Waals surface area contributed by atoms with Crippen molar-refractivity contribution in [3.63, 3.8) is 0 Å². The molecular weight excluding hydrogens is 335 g/mol. The molecule has 1 fully saturated rings. The number of ether oxygens (including phenoxy) is 1. The molecule has 6 heteroatoms. The number of nitrogens with two attached hydrogens (primary N) is 1. The van der Waals surface area contributed by atoms with Gasteiger partial charge in [-0.15, -0.1) is 0 Å². The molecule has 1 amide bonds. The highest BCUT2D eigenvalue weighted by Crippen LogP contribution is 2.31. The number of hydrogen-bond acceptors (Lipinski definition) is 3. The molecule has 0 unspecified atom stereocenters. The summed E-state index contributed by atoms with van der Waals surface area (Å²) in [5, 5.41) is 3.35. The lowest BCUT2D eigenvalue weighted by Crippen LogP contribution is -2.12. The summed E-state index contributed by atoms with van der Waals surface area (Å²) < 4.78 is 5.65. The van der Waals surface area contributed by atoms with Gasteiger partial charge in [-0.3, -0.25) is 4.79 Å². The van der Waals surface area contributed by atoms with Crippen LogP contribution in [0.15, 0.2) is 36.4 Å². The number of amides is 1. The monoisotopic (exact) mass is 350 g/mol. The summed E-state index contributed by atoms with van der Waals surface area (Å²) in [6.45, 7) is 0.744. The van der Waals surface area contributed by atoms with Crippen LogP contribution in [0.3, 0.4) is 0 Å². The van der Waals surface area contributed by atoms with Crippen molar-refractivity contribution in [3.05, 3.63) is 52.0 Å². The minimum absolute atomic E-state index is 0.254. The predicted octanol–water partition coefficient (Wildman–Crippen LogP) is 4.62. The molecule has 2 aromatic carbocycles. The molecule has 1 aliphatic carbocycles. The Kier molecular flexibility index (Phi) is 4.64. The summed E-state index contributed by atoms with van der Waals surface area (Å²) in [4.78, 5) is 12.2. The fraction of sp³-hybridized carbons (Fsp3) is 0.235. The van der Waals surface area contributed by atoms with Gasteiger partial charge >= 0.3 is 0 Å².